The molecule has 0 saturated carbocycles. The predicted octanol–water partition coefficient (Wildman–Crippen LogP) is -0.253. The van der Waals surface area contributed by atoms with E-state index in [4.69, 9.17) is 11.5 Å². The van der Waals surface area contributed by atoms with Crippen LogP contribution in [0.5, 0.6) is 0 Å². The summed E-state index contributed by atoms with van der Waals surface area (Å²) in [7, 11) is 0. The molecule has 0 rings (SSSR count). The minimum Gasteiger partial charge on any atom is -0.330 e. The Labute approximate surface area is 77.9 Å². The minimum atomic E-state index is 0. The Bertz CT molecular complexity index is 24.5. The van der Waals surface area contributed by atoms with E-state index in [2.05, 4.69) is 25.3 Å². The summed E-state index contributed by atoms with van der Waals surface area (Å²) in [4.78, 5) is 0. The SMILES string of the molecule is NCCS.NCCS.[Ni]. The van der Waals surface area contributed by atoms with Crippen molar-refractivity contribution in [3.8, 4) is 0 Å². The molecule has 0 unspecified atom stereocenters. The van der Waals surface area contributed by atoms with Crippen LogP contribution >= 0.6 is 25.3 Å². The second kappa shape index (κ2) is 22.9. The second-order valence-electron chi connectivity index (χ2n) is 1.02. The number of hydrogen-bond acceptors (Lipinski definition) is 4. The summed E-state index contributed by atoms with van der Waals surface area (Å²) >= 11 is 7.59. The smallest absolute Gasteiger partial charge is 0.00255 e. The van der Waals surface area contributed by atoms with Gasteiger partial charge in [-0.05, 0) is 0 Å². The van der Waals surface area contributed by atoms with Gasteiger partial charge in [-0.25, -0.2) is 0 Å². The van der Waals surface area contributed by atoms with Crippen molar-refractivity contribution < 1.29 is 16.5 Å². The normalized spacial score (nSPS) is 6.67. The summed E-state index contributed by atoms with van der Waals surface area (Å²) in [5, 5.41) is 0. The Morgan fingerprint density at radius 2 is 1.00 bits per heavy atom. The van der Waals surface area contributed by atoms with Crippen LogP contribution in [-0.4, -0.2) is 24.6 Å². The first-order valence-electron chi connectivity index (χ1n) is 2.45. The monoisotopic (exact) mass is 212 g/mol. The number of nitrogens with two attached hydrogens (primary N) is 2. The third-order valence-electron chi connectivity index (χ3n) is 0.258. The van der Waals surface area contributed by atoms with Gasteiger partial charge in [0.2, 0.25) is 0 Å². The Hall–Kier alpha value is 1.11. The maximum atomic E-state index is 4.95. The standard InChI is InChI=1S/2C2H7NS.Ni/c2*3-1-2-4;/h2*4H,1-3H2;. The summed E-state index contributed by atoms with van der Waals surface area (Å²) in [6.45, 7) is 1.37. The van der Waals surface area contributed by atoms with E-state index in [9.17, 15) is 0 Å². The summed E-state index contributed by atoms with van der Waals surface area (Å²) in [5.41, 5.74) is 9.90. The summed E-state index contributed by atoms with van der Waals surface area (Å²) < 4.78 is 0. The van der Waals surface area contributed by atoms with Crippen molar-refractivity contribution in [2.75, 3.05) is 24.6 Å². The molecule has 0 aliphatic carbocycles. The second-order valence-corrected chi connectivity index (χ2v) is 1.92. The molecule has 0 heterocycles. The molecule has 0 radical (unpaired) electrons. The van der Waals surface area contributed by atoms with E-state index in [1.165, 1.54) is 0 Å². The molecular formula is C4H14N2NiS2. The van der Waals surface area contributed by atoms with Gasteiger partial charge in [0.25, 0.3) is 0 Å². The Morgan fingerprint density at radius 3 is 1.00 bits per heavy atom. The van der Waals surface area contributed by atoms with Crippen molar-refractivity contribution in [1.82, 2.24) is 0 Å². The summed E-state index contributed by atoms with van der Waals surface area (Å²) in [6, 6.07) is 0. The van der Waals surface area contributed by atoms with Crippen LogP contribution in [0.25, 0.3) is 0 Å². The van der Waals surface area contributed by atoms with Crippen molar-refractivity contribution >= 4 is 25.3 Å². The van der Waals surface area contributed by atoms with Crippen molar-refractivity contribution in [2.24, 2.45) is 11.5 Å². The van der Waals surface area contributed by atoms with Gasteiger partial charge in [-0.15, -0.1) is 0 Å². The van der Waals surface area contributed by atoms with Gasteiger partial charge < -0.3 is 11.5 Å². The molecule has 2 nitrogen and oxygen atoms in total. The van der Waals surface area contributed by atoms with Gasteiger partial charge >= 0.3 is 0 Å². The van der Waals surface area contributed by atoms with Crippen LogP contribution in [0.3, 0.4) is 0 Å². The van der Waals surface area contributed by atoms with E-state index >= 15 is 0 Å². The van der Waals surface area contributed by atoms with Crippen LogP contribution in [0, 0.1) is 0 Å². The Morgan fingerprint density at radius 1 is 0.889 bits per heavy atom. The van der Waals surface area contributed by atoms with Gasteiger partial charge in [0.1, 0.15) is 0 Å². The summed E-state index contributed by atoms with van der Waals surface area (Å²) in [6.07, 6.45) is 0. The number of thiol groups is 2. The molecule has 4 N–H and O–H groups in total. The average Bonchev–Trinajstić information content (AvgIpc) is 1.88. The van der Waals surface area contributed by atoms with Crippen molar-refractivity contribution in [1.29, 1.82) is 0 Å². The van der Waals surface area contributed by atoms with Gasteiger partial charge in [0.15, 0.2) is 0 Å². The molecule has 0 atom stereocenters. The fourth-order valence-electron chi connectivity index (χ4n) is 0. The molecule has 62 valence electrons. The molecule has 0 saturated heterocycles. The van der Waals surface area contributed by atoms with E-state index in [0.717, 1.165) is 11.5 Å². The molecule has 0 aliphatic heterocycles. The van der Waals surface area contributed by atoms with Crippen LogP contribution in [0.15, 0.2) is 0 Å². The molecule has 0 aromatic carbocycles. The molecule has 9 heavy (non-hydrogen) atoms. The van der Waals surface area contributed by atoms with Gasteiger partial charge in [-0.1, -0.05) is 0 Å². The number of rotatable bonds is 2. The van der Waals surface area contributed by atoms with E-state index < -0.39 is 0 Å². The fourth-order valence-corrected chi connectivity index (χ4v) is 0. The van der Waals surface area contributed by atoms with Crippen LogP contribution < -0.4 is 11.5 Å². The van der Waals surface area contributed by atoms with Gasteiger partial charge in [-0.2, -0.15) is 25.3 Å². The van der Waals surface area contributed by atoms with Crippen molar-refractivity contribution in [3.05, 3.63) is 0 Å². The van der Waals surface area contributed by atoms with Crippen LogP contribution in [0.1, 0.15) is 0 Å². The first kappa shape index (κ1) is 16.6. The molecular weight excluding hydrogens is 199 g/mol. The molecule has 5 heteroatoms. The van der Waals surface area contributed by atoms with E-state index in [-0.39, 0.29) is 16.5 Å². The van der Waals surface area contributed by atoms with E-state index in [1.54, 1.807) is 0 Å². The quantitative estimate of drug-likeness (QED) is 0.377. The minimum absolute atomic E-state index is 0. The fraction of sp³-hybridized carbons (Fsp3) is 1.00. The van der Waals surface area contributed by atoms with Gasteiger partial charge in [0.05, 0.1) is 0 Å². The van der Waals surface area contributed by atoms with Crippen LogP contribution in [-0.2, 0) is 16.5 Å². The maximum Gasteiger partial charge on any atom is 0.00255 e. The number of hydrogen-bond donors (Lipinski definition) is 4. The maximum absolute atomic E-state index is 4.95. The zero-order valence-corrected chi connectivity index (χ0v) is 7.97. The molecule has 0 aromatic rings. The first-order chi connectivity index (χ1) is 3.83. The first-order valence-corrected chi connectivity index (χ1v) is 3.71. The topological polar surface area (TPSA) is 52.0 Å². The largest absolute Gasteiger partial charge is 0.330 e. The molecule has 0 aliphatic rings. The Balaban J connectivity index is -0.0000000720. The molecule has 0 spiro atoms. The van der Waals surface area contributed by atoms with E-state index in [0.29, 0.717) is 13.1 Å². The van der Waals surface area contributed by atoms with Crippen molar-refractivity contribution in [2.45, 2.75) is 0 Å². The third kappa shape index (κ3) is 47.6. The Kier molecular flexibility index (Phi) is 42.3. The van der Waals surface area contributed by atoms with Gasteiger partial charge in [0, 0.05) is 41.1 Å². The third-order valence-corrected chi connectivity index (χ3v) is 0.775. The molecule has 0 fully saturated rings. The average molecular weight is 213 g/mol. The van der Waals surface area contributed by atoms with Crippen molar-refractivity contribution in [3.63, 3.8) is 0 Å². The predicted molar refractivity (Wildman–Crippen MR) is 45.8 cm³/mol. The van der Waals surface area contributed by atoms with Gasteiger partial charge in [-0.3, -0.25) is 0 Å². The van der Waals surface area contributed by atoms with Crippen LogP contribution in [0.4, 0.5) is 0 Å². The molecule has 0 aromatic heterocycles. The zero-order valence-electron chi connectivity index (χ0n) is 5.19. The van der Waals surface area contributed by atoms with Crippen LogP contribution in [0.2, 0.25) is 0 Å². The molecule has 0 amide bonds. The van der Waals surface area contributed by atoms with E-state index in [1.807, 2.05) is 0 Å². The zero-order chi connectivity index (χ0) is 6.83. The molecule has 0 bridgehead atoms. The summed E-state index contributed by atoms with van der Waals surface area (Å²) in [5.74, 6) is 1.58.